The summed E-state index contributed by atoms with van der Waals surface area (Å²) in [6.45, 7) is 1.80. The van der Waals surface area contributed by atoms with Crippen LogP contribution in [0, 0.1) is 6.92 Å². The van der Waals surface area contributed by atoms with Crippen LogP contribution >= 0.6 is 11.6 Å². The van der Waals surface area contributed by atoms with Crippen LogP contribution in [0.4, 0.5) is 11.4 Å². The predicted molar refractivity (Wildman–Crippen MR) is 131 cm³/mol. The summed E-state index contributed by atoms with van der Waals surface area (Å²) < 4.78 is 60.9. The standard InChI is InChI=1S/C22H22ClN3O6S2/c1-14-4-5-16(12-20(14)23)26-33(28,29)17-8-6-15(7-9-17)25-34(30,31)18-10-11-21(32-3)19(13-18)22(27)24-2/h4-13,25-26H,1-3H3,(H,24,27). The number of sulfonamides is 2. The first-order chi connectivity index (χ1) is 16.0. The van der Waals surface area contributed by atoms with Gasteiger partial charge in [0, 0.05) is 17.8 Å². The lowest BCUT2D eigenvalue weighted by molar-refractivity contribution is 0.0960. The quantitative estimate of drug-likeness (QED) is 0.413. The van der Waals surface area contributed by atoms with Gasteiger partial charge >= 0.3 is 0 Å². The number of benzene rings is 3. The predicted octanol–water partition coefficient (Wildman–Crippen LogP) is 3.62. The molecule has 0 atom stereocenters. The third-order valence-electron chi connectivity index (χ3n) is 4.79. The number of nitrogens with one attached hydrogen (secondary N) is 3. The van der Waals surface area contributed by atoms with Gasteiger partial charge in [0.05, 0.1) is 28.2 Å². The van der Waals surface area contributed by atoms with Gasteiger partial charge < -0.3 is 10.1 Å². The first-order valence-corrected chi connectivity index (χ1v) is 13.1. The Hall–Kier alpha value is -3.28. The highest BCUT2D eigenvalue weighted by molar-refractivity contribution is 7.93. The molecule has 3 rings (SSSR count). The number of aryl methyl sites for hydroxylation is 1. The van der Waals surface area contributed by atoms with Crippen LogP contribution in [0.5, 0.6) is 5.75 Å². The molecule has 1 amide bonds. The molecule has 12 heteroatoms. The Morgan fingerprint density at radius 1 is 0.824 bits per heavy atom. The summed E-state index contributed by atoms with van der Waals surface area (Å²) in [5.41, 5.74) is 1.29. The molecule has 0 aliphatic heterocycles. The van der Waals surface area contributed by atoms with E-state index in [9.17, 15) is 21.6 Å². The van der Waals surface area contributed by atoms with Crippen molar-refractivity contribution in [2.45, 2.75) is 16.7 Å². The summed E-state index contributed by atoms with van der Waals surface area (Å²) in [5.74, 6) is -0.291. The Morgan fingerprint density at radius 3 is 1.97 bits per heavy atom. The van der Waals surface area contributed by atoms with Crippen molar-refractivity contribution in [3.63, 3.8) is 0 Å². The Bertz CT molecular complexity index is 1440. The lowest BCUT2D eigenvalue weighted by atomic mass is 10.2. The minimum atomic E-state index is -4.07. The molecule has 0 spiro atoms. The fraction of sp³-hybridized carbons (Fsp3) is 0.136. The molecule has 0 saturated carbocycles. The van der Waals surface area contributed by atoms with Gasteiger partial charge in [0.15, 0.2) is 0 Å². The molecule has 0 unspecified atom stereocenters. The number of ether oxygens (including phenoxy) is 1. The number of anilines is 2. The number of hydrogen-bond acceptors (Lipinski definition) is 6. The molecule has 9 nitrogen and oxygen atoms in total. The number of rotatable bonds is 8. The molecule has 0 aliphatic carbocycles. The highest BCUT2D eigenvalue weighted by atomic mass is 35.5. The topological polar surface area (TPSA) is 131 Å². The molecule has 0 radical (unpaired) electrons. The van der Waals surface area contributed by atoms with E-state index in [1.165, 1.54) is 62.7 Å². The number of halogens is 1. The lowest BCUT2D eigenvalue weighted by Gasteiger charge is -2.13. The minimum Gasteiger partial charge on any atom is -0.496 e. The van der Waals surface area contributed by atoms with Crippen molar-refractivity contribution in [1.29, 1.82) is 0 Å². The summed E-state index contributed by atoms with van der Waals surface area (Å²) in [5, 5.41) is 2.84. The van der Waals surface area contributed by atoms with Crippen molar-refractivity contribution in [3.8, 4) is 5.75 Å². The Kier molecular flexibility index (Phi) is 7.39. The molecule has 180 valence electrons. The second-order valence-corrected chi connectivity index (χ2v) is 10.9. The minimum absolute atomic E-state index is 0.0524. The second-order valence-electron chi connectivity index (χ2n) is 7.14. The number of amides is 1. The van der Waals surface area contributed by atoms with Crippen molar-refractivity contribution in [1.82, 2.24) is 5.32 Å². The molecule has 0 bridgehead atoms. The SMILES string of the molecule is CNC(=O)c1cc(S(=O)(=O)Nc2ccc(S(=O)(=O)Nc3ccc(C)c(Cl)c3)cc2)ccc1OC. The zero-order valence-electron chi connectivity index (χ0n) is 18.4. The van der Waals surface area contributed by atoms with Crippen LogP contribution in [0.15, 0.2) is 70.5 Å². The monoisotopic (exact) mass is 523 g/mol. The van der Waals surface area contributed by atoms with Gasteiger partial charge in [-0.15, -0.1) is 0 Å². The van der Waals surface area contributed by atoms with Crippen molar-refractivity contribution in [2.75, 3.05) is 23.6 Å². The second kappa shape index (κ2) is 9.92. The fourth-order valence-electron chi connectivity index (χ4n) is 2.95. The summed E-state index contributed by atoms with van der Waals surface area (Å²) >= 11 is 6.04. The largest absolute Gasteiger partial charge is 0.496 e. The van der Waals surface area contributed by atoms with Gasteiger partial charge in [-0.25, -0.2) is 16.8 Å². The maximum Gasteiger partial charge on any atom is 0.261 e. The summed E-state index contributed by atoms with van der Waals surface area (Å²) in [6, 6.07) is 13.8. The normalized spacial score (nSPS) is 11.5. The lowest BCUT2D eigenvalue weighted by Crippen LogP contribution is -2.20. The summed E-state index contributed by atoms with van der Waals surface area (Å²) in [4.78, 5) is 11.8. The Labute approximate surface area is 203 Å². The highest BCUT2D eigenvalue weighted by Crippen LogP contribution is 2.26. The Morgan fingerprint density at radius 2 is 1.38 bits per heavy atom. The zero-order valence-corrected chi connectivity index (χ0v) is 20.8. The number of hydrogen-bond donors (Lipinski definition) is 3. The van der Waals surface area contributed by atoms with Crippen LogP contribution in [0.25, 0.3) is 0 Å². The smallest absolute Gasteiger partial charge is 0.261 e. The van der Waals surface area contributed by atoms with Gasteiger partial charge in [-0.3, -0.25) is 14.2 Å². The van der Waals surface area contributed by atoms with E-state index in [-0.39, 0.29) is 26.8 Å². The molecule has 0 saturated heterocycles. The van der Waals surface area contributed by atoms with Crippen molar-refractivity contribution in [2.24, 2.45) is 0 Å². The van der Waals surface area contributed by atoms with Gasteiger partial charge in [0.1, 0.15) is 5.75 Å². The average molecular weight is 524 g/mol. The van der Waals surface area contributed by atoms with Crippen LogP contribution in [0.1, 0.15) is 15.9 Å². The molecule has 0 heterocycles. The van der Waals surface area contributed by atoms with E-state index in [0.717, 1.165) is 5.56 Å². The van der Waals surface area contributed by atoms with Crippen LogP contribution in [0.2, 0.25) is 5.02 Å². The van der Waals surface area contributed by atoms with Crippen molar-refractivity contribution in [3.05, 3.63) is 76.8 Å². The van der Waals surface area contributed by atoms with Crippen LogP contribution in [-0.2, 0) is 20.0 Å². The zero-order chi connectivity index (χ0) is 25.1. The molecule has 3 aromatic rings. The molecule has 34 heavy (non-hydrogen) atoms. The van der Waals surface area contributed by atoms with E-state index in [1.807, 2.05) is 0 Å². The van der Waals surface area contributed by atoms with Crippen LogP contribution < -0.4 is 19.5 Å². The fourth-order valence-corrected chi connectivity index (χ4v) is 5.27. The maximum absolute atomic E-state index is 12.8. The first-order valence-electron chi connectivity index (χ1n) is 9.79. The van der Waals surface area contributed by atoms with E-state index in [4.69, 9.17) is 16.3 Å². The van der Waals surface area contributed by atoms with Gasteiger partial charge in [-0.2, -0.15) is 0 Å². The van der Waals surface area contributed by atoms with E-state index < -0.39 is 26.0 Å². The van der Waals surface area contributed by atoms with E-state index in [0.29, 0.717) is 10.7 Å². The van der Waals surface area contributed by atoms with Crippen molar-refractivity contribution >= 4 is 48.9 Å². The van der Waals surface area contributed by atoms with Gasteiger partial charge in [0.2, 0.25) is 0 Å². The summed E-state index contributed by atoms with van der Waals surface area (Å²) in [6.07, 6.45) is 0. The molecule has 3 N–H and O–H groups in total. The molecule has 0 aromatic heterocycles. The van der Waals surface area contributed by atoms with Crippen LogP contribution in [0.3, 0.4) is 0 Å². The third kappa shape index (κ3) is 5.61. The average Bonchev–Trinajstić information content (AvgIpc) is 2.80. The number of carbonyl (C=O) groups is 1. The molecular formula is C22H22ClN3O6S2. The van der Waals surface area contributed by atoms with Crippen LogP contribution in [-0.4, -0.2) is 36.9 Å². The Balaban J connectivity index is 1.82. The number of carbonyl (C=O) groups excluding carboxylic acids is 1. The molecular weight excluding hydrogens is 502 g/mol. The highest BCUT2D eigenvalue weighted by Gasteiger charge is 2.20. The van der Waals surface area contributed by atoms with E-state index in [2.05, 4.69) is 14.8 Å². The van der Waals surface area contributed by atoms with Gasteiger partial charge in [0.25, 0.3) is 26.0 Å². The van der Waals surface area contributed by atoms with Gasteiger partial charge in [-0.1, -0.05) is 17.7 Å². The molecule has 3 aromatic carbocycles. The van der Waals surface area contributed by atoms with E-state index >= 15 is 0 Å². The first kappa shape index (κ1) is 25.3. The van der Waals surface area contributed by atoms with Crippen molar-refractivity contribution < 1.29 is 26.4 Å². The maximum atomic E-state index is 12.8. The van der Waals surface area contributed by atoms with E-state index in [1.54, 1.807) is 19.1 Å². The summed E-state index contributed by atoms with van der Waals surface area (Å²) in [7, 11) is -5.22. The number of methoxy groups -OCH3 is 1. The van der Waals surface area contributed by atoms with Gasteiger partial charge in [-0.05, 0) is 67.1 Å². The molecule has 0 fully saturated rings. The molecule has 0 aliphatic rings. The third-order valence-corrected chi connectivity index (χ3v) is 7.98.